The minimum Gasteiger partial charge on any atom is -0.486 e. The van der Waals surface area contributed by atoms with E-state index in [2.05, 4.69) is 51.2 Å². The van der Waals surface area contributed by atoms with Crippen molar-refractivity contribution in [2.24, 2.45) is 0 Å². The monoisotopic (exact) mass is 435 g/mol. The number of ether oxygens (including phenoxy) is 1. The van der Waals surface area contributed by atoms with Gasteiger partial charge in [-0.2, -0.15) is 0 Å². The lowest BCUT2D eigenvalue weighted by Gasteiger charge is -2.11. The molecule has 4 rings (SSSR count). The lowest BCUT2D eigenvalue weighted by atomic mass is 10.1. The molecule has 0 fully saturated rings. The van der Waals surface area contributed by atoms with Crippen molar-refractivity contribution in [3.63, 3.8) is 0 Å². The Hall–Kier alpha value is -2.76. The van der Waals surface area contributed by atoms with Gasteiger partial charge in [0.05, 0.1) is 0 Å². The van der Waals surface area contributed by atoms with Crippen LogP contribution in [0, 0.1) is 0 Å². The molecule has 0 aliphatic rings. The highest BCUT2D eigenvalue weighted by Crippen LogP contribution is 2.24. The maximum Gasteiger partial charge on any atom is 0.195 e. The van der Waals surface area contributed by atoms with Crippen molar-refractivity contribution >= 4 is 23.4 Å². The van der Waals surface area contributed by atoms with Crippen LogP contribution in [-0.2, 0) is 13.0 Å². The van der Waals surface area contributed by atoms with Gasteiger partial charge in [0, 0.05) is 16.5 Å². The van der Waals surface area contributed by atoms with E-state index in [0.29, 0.717) is 11.6 Å². The van der Waals surface area contributed by atoms with Crippen LogP contribution in [0.15, 0.2) is 90.1 Å². The Morgan fingerprint density at radius 1 is 0.833 bits per heavy atom. The zero-order chi connectivity index (χ0) is 20.6. The smallest absolute Gasteiger partial charge is 0.195 e. The van der Waals surface area contributed by atoms with E-state index in [4.69, 9.17) is 16.3 Å². The molecule has 0 aliphatic carbocycles. The van der Waals surface area contributed by atoms with Gasteiger partial charge in [-0.3, -0.25) is 4.57 Å². The van der Waals surface area contributed by atoms with Gasteiger partial charge in [-0.15, -0.1) is 10.2 Å². The summed E-state index contributed by atoms with van der Waals surface area (Å²) >= 11 is 7.67. The predicted octanol–water partition coefficient (Wildman–Crippen LogP) is 6.22. The van der Waals surface area contributed by atoms with Gasteiger partial charge < -0.3 is 4.74 Å². The molecule has 3 aromatic carbocycles. The van der Waals surface area contributed by atoms with Gasteiger partial charge >= 0.3 is 0 Å². The number of thioether (sulfide) groups is 1. The van der Waals surface area contributed by atoms with Crippen molar-refractivity contribution in [2.45, 2.75) is 24.6 Å². The van der Waals surface area contributed by atoms with E-state index in [9.17, 15) is 0 Å². The van der Waals surface area contributed by atoms with Crippen LogP contribution in [0.3, 0.4) is 0 Å². The number of para-hydroxylation sites is 1. The molecule has 0 bridgehead atoms. The molecular formula is C24H22ClN3OS. The number of benzene rings is 3. The summed E-state index contributed by atoms with van der Waals surface area (Å²) in [5.74, 6) is 2.48. The number of aromatic nitrogens is 3. The van der Waals surface area contributed by atoms with Crippen LogP contribution >= 0.6 is 23.4 Å². The minimum absolute atomic E-state index is 0.327. The fraction of sp³-hybridized carbons (Fsp3) is 0.167. The maximum absolute atomic E-state index is 5.95. The average molecular weight is 436 g/mol. The molecule has 0 spiro atoms. The van der Waals surface area contributed by atoms with Crippen molar-refractivity contribution < 1.29 is 4.74 Å². The molecular weight excluding hydrogens is 414 g/mol. The number of aryl methyl sites for hydroxylation is 1. The Balaban J connectivity index is 1.45. The highest BCUT2D eigenvalue weighted by Gasteiger charge is 2.15. The lowest BCUT2D eigenvalue weighted by Crippen LogP contribution is -2.06. The molecule has 0 amide bonds. The van der Waals surface area contributed by atoms with Gasteiger partial charge in [0.2, 0.25) is 0 Å². The summed E-state index contributed by atoms with van der Waals surface area (Å²) < 4.78 is 7.99. The predicted molar refractivity (Wildman–Crippen MR) is 123 cm³/mol. The van der Waals surface area contributed by atoms with Crippen LogP contribution in [0.25, 0.3) is 5.69 Å². The Morgan fingerprint density at radius 2 is 1.53 bits per heavy atom. The van der Waals surface area contributed by atoms with Gasteiger partial charge in [0.15, 0.2) is 11.0 Å². The summed E-state index contributed by atoms with van der Waals surface area (Å²) in [5.41, 5.74) is 2.39. The van der Waals surface area contributed by atoms with Gasteiger partial charge in [-0.1, -0.05) is 71.9 Å². The minimum atomic E-state index is 0.327. The van der Waals surface area contributed by atoms with E-state index in [0.717, 1.165) is 41.0 Å². The lowest BCUT2D eigenvalue weighted by molar-refractivity contribution is 0.293. The first kappa shape index (κ1) is 20.5. The average Bonchev–Trinajstić information content (AvgIpc) is 3.20. The molecule has 30 heavy (non-hydrogen) atoms. The third-order valence-corrected chi connectivity index (χ3v) is 5.85. The Labute approximate surface area is 185 Å². The third-order valence-electron chi connectivity index (χ3n) is 4.58. The van der Waals surface area contributed by atoms with Gasteiger partial charge in [0.25, 0.3) is 0 Å². The van der Waals surface area contributed by atoms with Gasteiger partial charge in [0.1, 0.15) is 12.4 Å². The molecule has 1 heterocycles. The van der Waals surface area contributed by atoms with Crippen LogP contribution in [0.5, 0.6) is 5.75 Å². The zero-order valence-electron chi connectivity index (χ0n) is 16.4. The zero-order valence-corrected chi connectivity index (χ0v) is 18.0. The second kappa shape index (κ2) is 10.3. The first-order chi connectivity index (χ1) is 14.8. The molecule has 4 nitrogen and oxygen atoms in total. The van der Waals surface area contributed by atoms with E-state index < -0.39 is 0 Å². The number of hydrogen-bond acceptors (Lipinski definition) is 4. The highest BCUT2D eigenvalue weighted by molar-refractivity contribution is 7.99. The van der Waals surface area contributed by atoms with E-state index in [-0.39, 0.29) is 0 Å². The fourth-order valence-electron chi connectivity index (χ4n) is 3.09. The second-order valence-corrected chi connectivity index (χ2v) is 8.25. The molecule has 0 unspecified atom stereocenters. The Bertz CT molecular complexity index is 1050. The molecule has 0 atom stereocenters. The van der Waals surface area contributed by atoms with Crippen LogP contribution in [0.1, 0.15) is 17.8 Å². The summed E-state index contributed by atoms with van der Waals surface area (Å²) in [7, 11) is 0. The quantitative estimate of drug-likeness (QED) is 0.231. The molecule has 0 saturated heterocycles. The van der Waals surface area contributed by atoms with E-state index in [1.54, 1.807) is 11.8 Å². The number of hydrogen-bond donors (Lipinski definition) is 0. The SMILES string of the molecule is Clc1ccc(OCc2nnc(SCCCc3ccccc3)n2-c2ccccc2)cc1. The molecule has 1 aromatic heterocycles. The van der Waals surface area contributed by atoms with Crippen molar-refractivity contribution in [3.8, 4) is 11.4 Å². The van der Waals surface area contributed by atoms with Crippen molar-refractivity contribution in [1.29, 1.82) is 0 Å². The third kappa shape index (κ3) is 5.43. The molecule has 0 N–H and O–H groups in total. The van der Waals surface area contributed by atoms with Crippen LogP contribution in [-0.4, -0.2) is 20.5 Å². The summed E-state index contributed by atoms with van der Waals surface area (Å²) in [4.78, 5) is 0. The molecule has 6 heteroatoms. The summed E-state index contributed by atoms with van der Waals surface area (Å²) in [5, 5.41) is 10.4. The van der Waals surface area contributed by atoms with Crippen LogP contribution in [0.2, 0.25) is 5.02 Å². The molecule has 0 radical (unpaired) electrons. The Kier molecular flexibility index (Phi) is 7.06. The summed E-state index contributed by atoms with van der Waals surface area (Å²) in [6.07, 6.45) is 2.13. The molecule has 4 aromatic rings. The largest absolute Gasteiger partial charge is 0.486 e. The standard InChI is InChI=1S/C24H22ClN3OS/c25-20-13-15-22(16-14-20)29-18-23-26-27-24(28(23)21-11-5-2-6-12-21)30-17-7-10-19-8-3-1-4-9-19/h1-6,8-9,11-16H,7,10,17-18H2. The van der Waals surface area contributed by atoms with Gasteiger partial charge in [-0.05, 0) is 54.8 Å². The first-order valence-corrected chi connectivity index (χ1v) is 11.2. The van der Waals surface area contributed by atoms with E-state index >= 15 is 0 Å². The fourth-order valence-corrected chi connectivity index (χ4v) is 4.12. The highest BCUT2D eigenvalue weighted by atomic mass is 35.5. The normalized spacial score (nSPS) is 10.8. The van der Waals surface area contributed by atoms with Crippen LogP contribution < -0.4 is 4.74 Å². The van der Waals surface area contributed by atoms with Crippen molar-refractivity contribution in [1.82, 2.24) is 14.8 Å². The van der Waals surface area contributed by atoms with Crippen LogP contribution in [0.4, 0.5) is 0 Å². The number of nitrogens with zero attached hydrogens (tertiary/aromatic N) is 3. The number of rotatable bonds is 9. The maximum atomic E-state index is 5.95. The topological polar surface area (TPSA) is 39.9 Å². The summed E-state index contributed by atoms with van der Waals surface area (Å²) in [6, 6.07) is 28.0. The van der Waals surface area contributed by atoms with Crippen molar-refractivity contribution in [3.05, 3.63) is 101 Å². The van der Waals surface area contributed by atoms with E-state index in [1.807, 2.05) is 48.5 Å². The molecule has 152 valence electrons. The molecule has 0 aliphatic heterocycles. The van der Waals surface area contributed by atoms with Gasteiger partial charge in [-0.25, -0.2) is 0 Å². The second-order valence-electron chi connectivity index (χ2n) is 6.75. The first-order valence-electron chi connectivity index (χ1n) is 9.84. The summed E-state index contributed by atoms with van der Waals surface area (Å²) in [6.45, 7) is 0.327. The number of halogens is 1. The molecule has 0 saturated carbocycles. The van der Waals surface area contributed by atoms with E-state index in [1.165, 1.54) is 5.56 Å². The Morgan fingerprint density at radius 3 is 2.27 bits per heavy atom. The van der Waals surface area contributed by atoms with Crippen molar-refractivity contribution in [2.75, 3.05) is 5.75 Å².